The number of H-pyrrole nitrogens is 1. The van der Waals surface area contributed by atoms with Crippen molar-refractivity contribution in [3.8, 4) is 11.5 Å². The standard InChI is InChI=1S/C33H29N5O11/c39-11-13-1-2-14(34-9-13)10-35-37-31(46)24-22-17-5-3-15(41)7-19(17)36-26(22)27-23(25(24)32(37)47)18-6-4-16(42)8-20(18)38(27)49-33-30(45)29(44)28(43)21(12-40)48-33/h1-9,21,28-30,33,35-36,39-45H,10-12H2/t21-,28-,29+,30-,33+/m1/s1. The van der Waals surface area contributed by atoms with E-state index >= 15 is 0 Å². The van der Waals surface area contributed by atoms with Crippen molar-refractivity contribution in [1.29, 1.82) is 0 Å². The monoisotopic (exact) mass is 671 g/mol. The molecular formula is C33H29N5O11. The van der Waals surface area contributed by atoms with Gasteiger partial charge in [0.2, 0.25) is 0 Å². The van der Waals surface area contributed by atoms with Crippen LogP contribution in [-0.2, 0) is 17.9 Å². The number of carbonyl (C=O) groups is 2. The lowest BCUT2D eigenvalue weighted by Crippen LogP contribution is -2.61. The Hall–Kier alpha value is -5.33. The number of imide groups is 1. The Morgan fingerprint density at radius 2 is 1.59 bits per heavy atom. The molecule has 0 radical (unpaired) electrons. The Labute approximate surface area is 274 Å². The van der Waals surface area contributed by atoms with Crippen LogP contribution >= 0.6 is 0 Å². The van der Waals surface area contributed by atoms with E-state index < -0.39 is 49.1 Å². The van der Waals surface area contributed by atoms with Crippen LogP contribution in [0.3, 0.4) is 0 Å². The summed E-state index contributed by atoms with van der Waals surface area (Å²) in [5.74, 6) is -1.62. The lowest BCUT2D eigenvalue weighted by Gasteiger charge is -2.39. The van der Waals surface area contributed by atoms with Gasteiger partial charge in [-0.1, -0.05) is 6.07 Å². The van der Waals surface area contributed by atoms with Crippen molar-refractivity contribution < 1.29 is 54.9 Å². The van der Waals surface area contributed by atoms with Gasteiger partial charge in [-0.05, 0) is 35.9 Å². The van der Waals surface area contributed by atoms with Crippen LogP contribution in [0, 0.1) is 0 Å². The van der Waals surface area contributed by atoms with E-state index in [0.717, 1.165) is 5.01 Å². The number of ether oxygens (including phenoxy) is 1. The van der Waals surface area contributed by atoms with E-state index in [-0.39, 0.29) is 52.2 Å². The van der Waals surface area contributed by atoms with Crippen molar-refractivity contribution in [3.05, 3.63) is 77.1 Å². The van der Waals surface area contributed by atoms with Gasteiger partial charge in [-0.15, -0.1) is 0 Å². The van der Waals surface area contributed by atoms with Gasteiger partial charge in [0.05, 0.1) is 53.1 Å². The minimum absolute atomic E-state index is 0.00408. The molecule has 0 saturated carbocycles. The molecule has 2 aliphatic rings. The van der Waals surface area contributed by atoms with Gasteiger partial charge in [0.25, 0.3) is 18.1 Å². The second kappa shape index (κ2) is 11.4. The quantitative estimate of drug-likeness (QED) is 0.104. The van der Waals surface area contributed by atoms with Crippen LogP contribution in [0.4, 0.5) is 0 Å². The highest BCUT2D eigenvalue weighted by Crippen LogP contribution is 2.45. The molecule has 2 amide bonds. The molecule has 6 aromatic rings. The van der Waals surface area contributed by atoms with Gasteiger partial charge in [0.15, 0.2) is 0 Å². The third kappa shape index (κ3) is 4.61. The summed E-state index contributed by atoms with van der Waals surface area (Å²) >= 11 is 0. The van der Waals surface area contributed by atoms with Gasteiger partial charge in [0.1, 0.15) is 41.4 Å². The molecule has 0 unspecified atom stereocenters. The molecule has 49 heavy (non-hydrogen) atoms. The van der Waals surface area contributed by atoms with Crippen LogP contribution in [0.5, 0.6) is 11.5 Å². The maximum Gasteiger partial charge on any atom is 0.276 e. The molecule has 0 aliphatic carbocycles. The van der Waals surface area contributed by atoms with Crippen LogP contribution in [0.2, 0.25) is 0 Å². The summed E-state index contributed by atoms with van der Waals surface area (Å²) in [7, 11) is 0. The Morgan fingerprint density at radius 3 is 2.29 bits per heavy atom. The van der Waals surface area contributed by atoms with E-state index in [1.54, 1.807) is 18.2 Å². The lowest BCUT2D eigenvalue weighted by molar-refractivity contribution is -0.298. The first-order valence-electron chi connectivity index (χ1n) is 15.2. The molecule has 16 heteroatoms. The number of nitrogens with one attached hydrogen (secondary N) is 2. The fourth-order valence-electron chi connectivity index (χ4n) is 6.67. The van der Waals surface area contributed by atoms with Crippen molar-refractivity contribution in [3.63, 3.8) is 0 Å². The number of aromatic hydroxyl groups is 2. The number of hydrogen-bond donors (Lipinski definition) is 9. The number of nitrogens with zero attached hydrogens (tertiary/aromatic N) is 3. The number of rotatable bonds is 7. The van der Waals surface area contributed by atoms with Crippen LogP contribution in [0.1, 0.15) is 32.0 Å². The molecule has 3 aromatic carbocycles. The second-order valence-electron chi connectivity index (χ2n) is 12.0. The Morgan fingerprint density at radius 1 is 0.878 bits per heavy atom. The third-order valence-corrected chi connectivity index (χ3v) is 9.06. The topological polar surface area (TPSA) is 243 Å². The number of carbonyl (C=O) groups excluding carboxylic acids is 2. The number of phenolic OH excluding ortho intramolecular Hbond substituents is 2. The Kier molecular flexibility index (Phi) is 7.20. The minimum atomic E-state index is -1.80. The van der Waals surface area contributed by atoms with E-state index in [9.17, 15) is 45.3 Å². The molecule has 9 N–H and O–H groups in total. The van der Waals surface area contributed by atoms with Crippen molar-refractivity contribution in [2.24, 2.45) is 0 Å². The number of aliphatic hydroxyl groups excluding tert-OH is 5. The summed E-state index contributed by atoms with van der Waals surface area (Å²) in [6.07, 6.45) is -6.68. The van der Waals surface area contributed by atoms with E-state index in [2.05, 4.69) is 15.4 Å². The number of aromatic nitrogens is 3. The summed E-state index contributed by atoms with van der Waals surface area (Å²) < 4.78 is 6.83. The smallest absolute Gasteiger partial charge is 0.276 e. The van der Waals surface area contributed by atoms with Gasteiger partial charge in [-0.25, -0.2) is 10.4 Å². The number of hydrazine groups is 1. The summed E-state index contributed by atoms with van der Waals surface area (Å²) in [5.41, 5.74) is 5.09. The van der Waals surface area contributed by atoms with Gasteiger partial charge in [-0.2, -0.15) is 4.73 Å². The predicted molar refractivity (Wildman–Crippen MR) is 170 cm³/mol. The number of benzene rings is 3. The van der Waals surface area contributed by atoms with E-state index in [4.69, 9.17) is 9.57 Å². The molecule has 252 valence electrons. The average Bonchev–Trinajstić information content (AvgIpc) is 3.70. The maximum atomic E-state index is 14.3. The maximum absolute atomic E-state index is 14.3. The first kappa shape index (κ1) is 31.0. The third-order valence-electron chi connectivity index (χ3n) is 9.06. The van der Waals surface area contributed by atoms with Crippen molar-refractivity contribution in [1.82, 2.24) is 25.1 Å². The fraction of sp³-hybridized carbons (Fsp3) is 0.242. The molecule has 5 atom stereocenters. The zero-order valence-electron chi connectivity index (χ0n) is 25.3. The number of phenols is 2. The van der Waals surface area contributed by atoms with Gasteiger partial charge in [-0.3, -0.25) is 14.6 Å². The molecule has 8 rings (SSSR count). The minimum Gasteiger partial charge on any atom is -0.508 e. The number of pyridine rings is 1. The van der Waals surface area contributed by atoms with Crippen molar-refractivity contribution >= 4 is 55.4 Å². The van der Waals surface area contributed by atoms with Gasteiger partial charge >= 0.3 is 0 Å². The highest BCUT2D eigenvalue weighted by atomic mass is 16.8. The average molecular weight is 672 g/mol. The lowest BCUT2D eigenvalue weighted by atomic mass is 9.96. The van der Waals surface area contributed by atoms with E-state index in [0.29, 0.717) is 38.4 Å². The normalized spacial score (nSPS) is 22.6. The molecule has 5 heterocycles. The summed E-state index contributed by atoms with van der Waals surface area (Å²) in [6.45, 7) is -0.914. The summed E-state index contributed by atoms with van der Waals surface area (Å²) in [5, 5.41) is 73.9. The first-order valence-corrected chi connectivity index (χ1v) is 15.2. The first-order chi connectivity index (χ1) is 23.6. The van der Waals surface area contributed by atoms with Crippen LogP contribution in [0.25, 0.3) is 43.6 Å². The zero-order chi connectivity index (χ0) is 34.3. The molecule has 2 aliphatic heterocycles. The molecule has 0 bridgehead atoms. The predicted octanol–water partition coefficient (Wildman–Crippen LogP) is 0.257. The molecule has 3 aromatic heterocycles. The SMILES string of the molecule is O=C1c2c(c3c4ccc(O)cc4n(O[C@@H]4O[C@H](CO)[C@@H](O)[C@H](O)[C@H]4O)c3c3[nH]c4cc(O)ccc4c23)C(=O)N1NCc1ccc(CO)cn1. The number of aromatic amines is 1. The van der Waals surface area contributed by atoms with Crippen LogP contribution in [-0.4, -0.2) is 105 Å². The highest BCUT2D eigenvalue weighted by molar-refractivity contribution is 6.39. The number of hydrogen-bond acceptors (Lipinski definition) is 13. The molecule has 1 fully saturated rings. The molecular weight excluding hydrogens is 642 g/mol. The second-order valence-corrected chi connectivity index (χ2v) is 12.0. The van der Waals surface area contributed by atoms with Crippen molar-refractivity contribution in [2.45, 2.75) is 43.9 Å². The van der Waals surface area contributed by atoms with E-state index in [1.807, 2.05) is 0 Å². The summed E-state index contributed by atoms with van der Waals surface area (Å²) in [4.78, 5) is 42.2. The molecule has 16 nitrogen and oxygen atoms in total. The Bertz CT molecular complexity index is 2320. The molecule has 0 spiro atoms. The largest absolute Gasteiger partial charge is 0.508 e. The summed E-state index contributed by atoms with van der Waals surface area (Å²) in [6, 6.07) is 12.0. The molecule has 1 saturated heterocycles. The Balaban J connectivity index is 1.37. The van der Waals surface area contributed by atoms with Crippen LogP contribution in [0.15, 0.2) is 54.7 Å². The highest BCUT2D eigenvalue weighted by Gasteiger charge is 2.46. The number of aliphatic hydroxyl groups is 5. The van der Waals surface area contributed by atoms with Crippen molar-refractivity contribution in [2.75, 3.05) is 6.61 Å². The zero-order valence-corrected chi connectivity index (χ0v) is 25.3. The van der Waals surface area contributed by atoms with Gasteiger partial charge < -0.3 is 50.3 Å². The number of fused-ring (bicyclic) bond motifs is 10. The fourth-order valence-corrected chi connectivity index (χ4v) is 6.67. The van der Waals surface area contributed by atoms with Crippen LogP contribution < -0.4 is 10.3 Å². The van der Waals surface area contributed by atoms with Gasteiger partial charge in [0, 0.05) is 39.9 Å². The van der Waals surface area contributed by atoms with E-state index in [1.165, 1.54) is 41.3 Å². The number of amides is 2.